The van der Waals surface area contributed by atoms with Gasteiger partial charge in [-0.1, -0.05) is 13.8 Å². The minimum atomic E-state index is 0.472. The first-order valence-electron chi connectivity index (χ1n) is 5.08. The quantitative estimate of drug-likeness (QED) is 0.692. The Morgan fingerprint density at radius 1 is 1.46 bits per heavy atom. The van der Waals surface area contributed by atoms with Crippen LogP contribution in [0, 0.1) is 5.41 Å². The summed E-state index contributed by atoms with van der Waals surface area (Å²) in [7, 11) is 0. The molecule has 0 amide bonds. The van der Waals surface area contributed by atoms with E-state index in [4.69, 9.17) is 0 Å². The van der Waals surface area contributed by atoms with E-state index in [0.29, 0.717) is 11.3 Å². The Morgan fingerprint density at radius 3 is 2.69 bits per heavy atom. The Kier molecular flexibility index (Phi) is 1.24. The van der Waals surface area contributed by atoms with Crippen LogP contribution in [0.4, 0.5) is 0 Å². The van der Waals surface area contributed by atoms with Gasteiger partial charge in [-0.3, -0.25) is 0 Å². The average molecular weight is 177 g/mol. The molecule has 2 saturated carbocycles. The maximum absolute atomic E-state index is 4.25. The fourth-order valence-electron chi connectivity index (χ4n) is 2.04. The molecule has 1 atom stereocenters. The molecule has 0 N–H and O–H groups in total. The van der Waals surface area contributed by atoms with Crippen molar-refractivity contribution in [2.24, 2.45) is 5.41 Å². The molecule has 0 spiro atoms. The summed E-state index contributed by atoms with van der Waals surface area (Å²) in [6, 6.07) is 0.724. The molecule has 1 aromatic heterocycles. The third-order valence-electron chi connectivity index (χ3n) is 3.37. The van der Waals surface area contributed by atoms with E-state index in [1.54, 1.807) is 0 Å². The lowest BCUT2D eigenvalue weighted by Gasteiger charge is -2.05. The van der Waals surface area contributed by atoms with Gasteiger partial charge in [0.25, 0.3) is 0 Å². The SMILES string of the molecule is CC1(C)CC1c1nncn1C1CC1. The highest BCUT2D eigenvalue weighted by Crippen LogP contribution is 2.58. The molecule has 0 aromatic carbocycles. The topological polar surface area (TPSA) is 30.7 Å². The zero-order chi connectivity index (χ0) is 9.05. The second-order valence-corrected chi connectivity index (χ2v) is 5.07. The largest absolute Gasteiger partial charge is 0.314 e. The van der Waals surface area contributed by atoms with E-state index in [2.05, 4.69) is 28.6 Å². The van der Waals surface area contributed by atoms with Crippen molar-refractivity contribution in [2.75, 3.05) is 0 Å². The molecule has 1 unspecified atom stereocenters. The van der Waals surface area contributed by atoms with Gasteiger partial charge in [0.2, 0.25) is 0 Å². The monoisotopic (exact) mass is 177 g/mol. The minimum absolute atomic E-state index is 0.472. The molecular weight excluding hydrogens is 162 g/mol. The maximum Gasteiger partial charge on any atom is 0.136 e. The molecule has 3 nitrogen and oxygen atoms in total. The molecular formula is C10H15N3. The summed E-state index contributed by atoms with van der Waals surface area (Å²) in [4.78, 5) is 0. The molecule has 0 aliphatic heterocycles. The van der Waals surface area contributed by atoms with E-state index in [9.17, 15) is 0 Å². The Hall–Kier alpha value is -0.860. The smallest absolute Gasteiger partial charge is 0.136 e. The van der Waals surface area contributed by atoms with E-state index in [1.165, 1.54) is 25.1 Å². The zero-order valence-corrected chi connectivity index (χ0v) is 8.20. The zero-order valence-electron chi connectivity index (χ0n) is 8.20. The molecule has 2 aliphatic rings. The average Bonchev–Trinajstić information content (AvgIpc) is 2.95. The maximum atomic E-state index is 4.25. The molecule has 1 heterocycles. The molecule has 3 heteroatoms. The fourth-order valence-corrected chi connectivity index (χ4v) is 2.04. The van der Waals surface area contributed by atoms with Gasteiger partial charge in [-0.25, -0.2) is 0 Å². The molecule has 13 heavy (non-hydrogen) atoms. The molecule has 0 bridgehead atoms. The molecule has 1 aromatic rings. The second-order valence-electron chi connectivity index (χ2n) is 5.07. The van der Waals surface area contributed by atoms with Gasteiger partial charge < -0.3 is 4.57 Å². The first-order chi connectivity index (χ1) is 6.18. The lowest BCUT2D eigenvalue weighted by Crippen LogP contribution is -2.01. The predicted molar refractivity (Wildman–Crippen MR) is 49.4 cm³/mol. The van der Waals surface area contributed by atoms with E-state index in [0.717, 1.165) is 6.04 Å². The minimum Gasteiger partial charge on any atom is -0.314 e. The molecule has 2 aliphatic carbocycles. The van der Waals surface area contributed by atoms with Crippen LogP contribution in [0.5, 0.6) is 0 Å². The lowest BCUT2D eigenvalue weighted by atomic mass is 10.1. The van der Waals surface area contributed by atoms with Gasteiger partial charge in [0.15, 0.2) is 0 Å². The van der Waals surface area contributed by atoms with Crippen molar-refractivity contribution in [3.63, 3.8) is 0 Å². The van der Waals surface area contributed by atoms with E-state index in [1.807, 2.05) is 6.33 Å². The van der Waals surface area contributed by atoms with Gasteiger partial charge in [0.05, 0.1) is 0 Å². The molecule has 3 rings (SSSR count). The van der Waals surface area contributed by atoms with Crippen molar-refractivity contribution in [3.05, 3.63) is 12.2 Å². The van der Waals surface area contributed by atoms with Crippen LogP contribution in [-0.2, 0) is 0 Å². The normalized spacial score (nSPS) is 30.5. The van der Waals surface area contributed by atoms with Crippen LogP contribution in [-0.4, -0.2) is 14.8 Å². The summed E-state index contributed by atoms with van der Waals surface area (Å²) in [6.45, 7) is 4.62. The summed E-state index contributed by atoms with van der Waals surface area (Å²) in [5.74, 6) is 1.89. The van der Waals surface area contributed by atoms with Crippen molar-refractivity contribution in [1.82, 2.24) is 14.8 Å². The summed E-state index contributed by atoms with van der Waals surface area (Å²) in [5.41, 5.74) is 0.472. The standard InChI is InChI=1S/C10H15N3/c1-10(2)5-8(10)9-12-11-6-13(9)7-3-4-7/h6-8H,3-5H2,1-2H3. The lowest BCUT2D eigenvalue weighted by molar-refractivity contribution is 0.581. The summed E-state index contributed by atoms with van der Waals surface area (Å²) < 4.78 is 2.29. The van der Waals surface area contributed by atoms with Crippen molar-refractivity contribution in [1.29, 1.82) is 0 Å². The molecule has 2 fully saturated rings. The van der Waals surface area contributed by atoms with Crippen LogP contribution in [0.25, 0.3) is 0 Å². The first-order valence-corrected chi connectivity index (χ1v) is 5.08. The highest BCUT2D eigenvalue weighted by molar-refractivity contribution is 5.16. The van der Waals surface area contributed by atoms with Gasteiger partial charge in [-0.05, 0) is 24.7 Å². The number of hydrogen-bond donors (Lipinski definition) is 0. The molecule has 0 saturated heterocycles. The van der Waals surface area contributed by atoms with Crippen LogP contribution in [0.1, 0.15) is 50.9 Å². The summed E-state index contributed by atoms with van der Waals surface area (Å²) in [6.07, 6.45) is 5.82. The highest BCUT2D eigenvalue weighted by atomic mass is 15.3. The Morgan fingerprint density at radius 2 is 2.15 bits per heavy atom. The number of rotatable bonds is 2. The van der Waals surface area contributed by atoms with Crippen LogP contribution >= 0.6 is 0 Å². The number of nitrogens with zero attached hydrogens (tertiary/aromatic N) is 3. The highest BCUT2D eigenvalue weighted by Gasteiger charge is 2.50. The predicted octanol–water partition coefficient (Wildman–Crippen LogP) is 2.13. The van der Waals surface area contributed by atoms with Crippen molar-refractivity contribution >= 4 is 0 Å². The fraction of sp³-hybridized carbons (Fsp3) is 0.800. The first kappa shape index (κ1) is 7.54. The Labute approximate surface area is 78.2 Å². The Bertz CT molecular complexity index is 336. The van der Waals surface area contributed by atoms with Crippen LogP contribution < -0.4 is 0 Å². The molecule has 0 radical (unpaired) electrons. The molecule has 70 valence electrons. The van der Waals surface area contributed by atoms with Crippen LogP contribution in [0.15, 0.2) is 6.33 Å². The van der Waals surface area contributed by atoms with E-state index in [-0.39, 0.29) is 0 Å². The van der Waals surface area contributed by atoms with Gasteiger partial charge in [0, 0.05) is 12.0 Å². The van der Waals surface area contributed by atoms with Crippen molar-refractivity contribution in [3.8, 4) is 0 Å². The summed E-state index contributed by atoms with van der Waals surface area (Å²) in [5, 5.41) is 8.27. The van der Waals surface area contributed by atoms with Crippen molar-refractivity contribution in [2.45, 2.75) is 45.1 Å². The Balaban J connectivity index is 1.92. The van der Waals surface area contributed by atoms with Crippen LogP contribution in [0.3, 0.4) is 0 Å². The van der Waals surface area contributed by atoms with Gasteiger partial charge in [0.1, 0.15) is 12.2 Å². The van der Waals surface area contributed by atoms with E-state index < -0.39 is 0 Å². The van der Waals surface area contributed by atoms with Crippen molar-refractivity contribution < 1.29 is 0 Å². The van der Waals surface area contributed by atoms with Gasteiger partial charge in [-0.2, -0.15) is 0 Å². The summed E-state index contributed by atoms with van der Waals surface area (Å²) >= 11 is 0. The number of aromatic nitrogens is 3. The van der Waals surface area contributed by atoms with Crippen LogP contribution in [0.2, 0.25) is 0 Å². The second kappa shape index (κ2) is 2.14. The third-order valence-corrected chi connectivity index (χ3v) is 3.37. The van der Waals surface area contributed by atoms with Gasteiger partial charge >= 0.3 is 0 Å². The third kappa shape index (κ3) is 1.10. The number of hydrogen-bond acceptors (Lipinski definition) is 2. The van der Waals surface area contributed by atoms with E-state index >= 15 is 0 Å². The van der Waals surface area contributed by atoms with Gasteiger partial charge in [-0.15, -0.1) is 10.2 Å².